The minimum absolute atomic E-state index is 0.351. The molecular formula is C11H15Cl2N3. The first-order chi connectivity index (χ1) is 7.72. The summed E-state index contributed by atoms with van der Waals surface area (Å²) in [6.07, 6.45) is 5.48. The Morgan fingerprint density at radius 3 is 2.75 bits per heavy atom. The Morgan fingerprint density at radius 2 is 2.19 bits per heavy atom. The molecule has 0 N–H and O–H groups in total. The summed E-state index contributed by atoms with van der Waals surface area (Å²) in [5.74, 6) is 2.01. The highest BCUT2D eigenvalue weighted by Gasteiger charge is 2.21. The molecule has 5 heteroatoms. The highest BCUT2D eigenvalue weighted by Crippen LogP contribution is 2.30. The molecule has 1 aliphatic rings. The predicted molar refractivity (Wildman–Crippen MR) is 67.2 cm³/mol. The van der Waals surface area contributed by atoms with E-state index in [4.69, 9.17) is 23.2 Å². The smallest absolute Gasteiger partial charge is 0.138 e. The molecule has 0 spiro atoms. The third-order valence-electron chi connectivity index (χ3n) is 3.12. The van der Waals surface area contributed by atoms with Crippen LogP contribution in [0.25, 0.3) is 0 Å². The van der Waals surface area contributed by atoms with Crippen LogP contribution in [0, 0.1) is 5.92 Å². The van der Waals surface area contributed by atoms with Crippen LogP contribution in [0.4, 0.5) is 5.82 Å². The van der Waals surface area contributed by atoms with Crippen molar-refractivity contribution in [3.05, 3.63) is 17.0 Å². The first-order valence-electron chi connectivity index (χ1n) is 5.49. The van der Waals surface area contributed by atoms with Crippen LogP contribution in [0.3, 0.4) is 0 Å². The van der Waals surface area contributed by atoms with Crippen molar-refractivity contribution in [2.75, 3.05) is 18.5 Å². The first-order valence-corrected chi connectivity index (χ1v) is 6.40. The topological polar surface area (TPSA) is 29.0 Å². The van der Waals surface area contributed by atoms with E-state index in [0.717, 1.165) is 23.8 Å². The number of halogens is 2. The lowest BCUT2D eigenvalue weighted by molar-refractivity contribution is 0.321. The Bertz CT molecular complexity index is 366. The molecule has 0 radical (unpaired) electrons. The second kappa shape index (κ2) is 5.19. The Hall–Kier alpha value is -0.540. The zero-order valence-corrected chi connectivity index (χ0v) is 10.8. The van der Waals surface area contributed by atoms with Gasteiger partial charge in [0.1, 0.15) is 17.3 Å². The molecule has 0 bridgehead atoms. The summed E-state index contributed by atoms with van der Waals surface area (Å²) < 4.78 is 0. The van der Waals surface area contributed by atoms with Crippen molar-refractivity contribution in [1.82, 2.24) is 9.97 Å². The molecule has 0 atom stereocenters. The third kappa shape index (κ3) is 2.41. The Kier molecular flexibility index (Phi) is 3.87. The minimum atomic E-state index is 0.351. The highest BCUT2D eigenvalue weighted by atomic mass is 35.5. The summed E-state index contributed by atoms with van der Waals surface area (Å²) >= 11 is 11.9. The summed E-state index contributed by atoms with van der Waals surface area (Å²) in [5.41, 5.74) is 0.827. The molecule has 0 amide bonds. The van der Waals surface area contributed by atoms with Crippen LogP contribution < -0.4 is 4.90 Å². The van der Waals surface area contributed by atoms with Crippen LogP contribution >= 0.6 is 23.2 Å². The lowest BCUT2D eigenvalue weighted by Gasteiger charge is -2.31. The van der Waals surface area contributed by atoms with Crippen molar-refractivity contribution in [1.29, 1.82) is 0 Å². The lowest BCUT2D eigenvalue weighted by atomic mass is 9.85. The van der Waals surface area contributed by atoms with Crippen molar-refractivity contribution in [2.24, 2.45) is 5.92 Å². The van der Waals surface area contributed by atoms with E-state index in [2.05, 4.69) is 14.9 Å². The van der Waals surface area contributed by atoms with Crippen LogP contribution in [0.1, 0.15) is 24.8 Å². The van der Waals surface area contributed by atoms with Crippen LogP contribution in [0.5, 0.6) is 0 Å². The van der Waals surface area contributed by atoms with Gasteiger partial charge in [-0.25, -0.2) is 9.97 Å². The van der Waals surface area contributed by atoms with Gasteiger partial charge < -0.3 is 4.90 Å². The number of nitrogens with zero attached hydrogens (tertiary/aromatic N) is 3. The molecule has 3 nitrogen and oxygen atoms in total. The molecule has 0 aromatic carbocycles. The zero-order chi connectivity index (χ0) is 11.5. The molecule has 2 rings (SSSR count). The van der Waals surface area contributed by atoms with Gasteiger partial charge >= 0.3 is 0 Å². The summed E-state index contributed by atoms with van der Waals surface area (Å²) in [7, 11) is 2.03. The van der Waals surface area contributed by atoms with Crippen molar-refractivity contribution >= 4 is 29.0 Å². The third-order valence-corrected chi connectivity index (χ3v) is 3.72. The second-order valence-electron chi connectivity index (χ2n) is 4.28. The maximum Gasteiger partial charge on any atom is 0.138 e. The molecule has 1 aromatic rings. The number of rotatable bonds is 4. The number of alkyl halides is 1. The lowest BCUT2D eigenvalue weighted by Crippen LogP contribution is -2.30. The molecule has 1 saturated carbocycles. The Labute approximate surface area is 106 Å². The fraction of sp³-hybridized carbons (Fsp3) is 0.636. The van der Waals surface area contributed by atoms with Gasteiger partial charge in [0.2, 0.25) is 0 Å². The maximum atomic E-state index is 6.00. The van der Waals surface area contributed by atoms with Crippen LogP contribution in [0.2, 0.25) is 5.15 Å². The molecule has 0 aliphatic heterocycles. The van der Waals surface area contributed by atoms with E-state index in [1.54, 1.807) is 0 Å². The summed E-state index contributed by atoms with van der Waals surface area (Å²) in [5, 5.41) is 0.459. The fourth-order valence-electron chi connectivity index (χ4n) is 1.98. The van der Waals surface area contributed by atoms with E-state index in [0.29, 0.717) is 11.0 Å². The largest absolute Gasteiger partial charge is 0.359 e. The van der Waals surface area contributed by atoms with Gasteiger partial charge in [-0.05, 0) is 18.8 Å². The zero-order valence-electron chi connectivity index (χ0n) is 9.29. The van der Waals surface area contributed by atoms with Gasteiger partial charge in [0, 0.05) is 19.2 Å². The van der Waals surface area contributed by atoms with E-state index in [9.17, 15) is 0 Å². The van der Waals surface area contributed by atoms with Gasteiger partial charge in [0.25, 0.3) is 0 Å². The van der Waals surface area contributed by atoms with Gasteiger partial charge in [0.05, 0.1) is 5.88 Å². The van der Waals surface area contributed by atoms with Crippen molar-refractivity contribution in [2.45, 2.75) is 25.1 Å². The molecular weight excluding hydrogens is 245 g/mol. The summed E-state index contributed by atoms with van der Waals surface area (Å²) in [6.45, 7) is 1.03. The fourth-order valence-corrected chi connectivity index (χ4v) is 2.48. The molecule has 1 fully saturated rings. The number of aromatic nitrogens is 2. The first kappa shape index (κ1) is 11.9. The van der Waals surface area contributed by atoms with Crippen LogP contribution in [0.15, 0.2) is 6.33 Å². The SMILES string of the molecule is CN(CC1CCC1)c1ncnc(Cl)c1CCl. The minimum Gasteiger partial charge on any atom is -0.359 e. The Morgan fingerprint density at radius 1 is 1.44 bits per heavy atom. The highest BCUT2D eigenvalue weighted by molar-refractivity contribution is 6.31. The standard InChI is InChI=1S/C11H15Cl2N3/c1-16(6-8-3-2-4-8)11-9(5-12)10(13)14-7-15-11/h7-8H,2-6H2,1H3. The molecule has 0 unspecified atom stereocenters. The molecule has 1 aliphatic carbocycles. The second-order valence-corrected chi connectivity index (χ2v) is 4.90. The van der Waals surface area contributed by atoms with E-state index in [1.165, 1.54) is 25.6 Å². The molecule has 88 valence electrons. The van der Waals surface area contributed by atoms with Gasteiger partial charge in [-0.15, -0.1) is 11.6 Å². The van der Waals surface area contributed by atoms with E-state index >= 15 is 0 Å². The van der Waals surface area contributed by atoms with Gasteiger partial charge in [0.15, 0.2) is 0 Å². The average molecular weight is 260 g/mol. The number of anilines is 1. The van der Waals surface area contributed by atoms with Crippen LogP contribution in [-0.4, -0.2) is 23.6 Å². The Balaban J connectivity index is 2.14. The quantitative estimate of drug-likeness (QED) is 0.615. The molecule has 1 aromatic heterocycles. The predicted octanol–water partition coefficient (Wildman–Crippen LogP) is 3.11. The maximum absolute atomic E-state index is 6.00. The molecule has 1 heterocycles. The van der Waals surface area contributed by atoms with Gasteiger partial charge in [-0.1, -0.05) is 18.0 Å². The number of hydrogen-bond acceptors (Lipinski definition) is 3. The van der Waals surface area contributed by atoms with E-state index < -0.39 is 0 Å². The van der Waals surface area contributed by atoms with E-state index in [-0.39, 0.29) is 0 Å². The normalized spacial score (nSPS) is 15.9. The molecule has 0 saturated heterocycles. The van der Waals surface area contributed by atoms with E-state index in [1.807, 2.05) is 7.05 Å². The van der Waals surface area contributed by atoms with Gasteiger partial charge in [-0.2, -0.15) is 0 Å². The molecule has 16 heavy (non-hydrogen) atoms. The monoisotopic (exact) mass is 259 g/mol. The number of hydrogen-bond donors (Lipinski definition) is 0. The van der Waals surface area contributed by atoms with Gasteiger partial charge in [-0.3, -0.25) is 0 Å². The van der Waals surface area contributed by atoms with Crippen molar-refractivity contribution in [3.8, 4) is 0 Å². The average Bonchev–Trinajstić information content (AvgIpc) is 2.22. The summed E-state index contributed by atoms with van der Waals surface area (Å²) in [4.78, 5) is 10.4. The summed E-state index contributed by atoms with van der Waals surface area (Å²) in [6, 6.07) is 0. The van der Waals surface area contributed by atoms with Crippen molar-refractivity contribution in [3.63, 3.8) is 0 Å². The van der Waals surface area contributed by atoms with Crippen LogP contribution in [-0.2, 0) is 5.88 Å². The van der Waals surface area contributed by atoms with Crippen molar-refractivity contribution < 1.29 is 0 Å².